The van der Waals surface area contributed by atoms with Crippen molar-refractivity contribution in [3.8, 4) is 5.75 Å². The summed E-state index contributed by atoms with van der Waals surface area (Å²) in [6.45, 7) is 6.11. The molecule has 0 unspecified atom stereocenters. The van der Waals surface area contributed by atoms with Gasteiger partial charge in [0.1, 0.15) is 11.6 Å². The van der Waals surface area contributed by atoms with Crippen molar-refractivity contribution in [1.82, 2.24) is 5.32 Å². The monoisotopic (exact) mass is 441 g/mol. The molecule has 0 saturated carbocycles. The van der Waals surface area contributed by atoms with Gasteiger partial charge in [0.25, 0.3) is 5.91 Å². The Kier molecular flexibility index (Phi) is 8.01. The van der Waals surface area contributed by atoms with E-state index in [9.17, 15) is 13.4 Å². The van der Waals surface area contributed by atoms with Gasteiger partial charge in [-0.25, -0.2) is 4.39 Å². The lowest BCUT2D eigenvalue weighted by atomic mass is 9.87. The molecule has 2 aromatic carbocycles. The van der Waals surface area contributed by atoms with Gasteiger partial charge in [-0.05, 0) is 40.8 Å². The highest BCUT2D eigenvalue weighted by Gasteiger charge is 2.16. The van der Waals surface area contributed by atoms with Crippen molar-refractivity contribution in [2.24, 2.45) is 4.36 Å². The number of carbonyl (C=O) groups excluding carboxylic acids is 1. The highest BCUT2D eigenvalue weighted by Crippen LogP contribution is 2.31. The summed E-state index contributed by atoms with van der Waals surface area (Å²) in [5, 5.41) is 3.06. The van der Waals surface area contributed by atoms with Crippen LogP contribution in [-0.4, -0.2) is 19.6 Å². The van der Waals surface area contributed by atoms with Gasteiger partial charge in [-0.15, -0.1) is 0 Å². The van der Waals surface area contributed by atoms with Crippen LogP contribution in [0.5, 0.6) is 5.75 Å². The largest absolute Gasteiger partial charge is 0.482 e. The predicted molar refractivity (Wildman–Crippen MR) is 111 cm³/mol. The smallest absolute Gasteiger partial charge is 0.258 e. The molecular formula is C20H23ClFN2O4S-. The van der Waals surface area contributed by atoms with Crippen LogP contribution < -0.4 is 10.1 Å². The maximum absolute atomic E-state index is 14.0. The molecule has 9 heteroatoms. The van der Waals surface area contributed by atoms with E-state index in [1.807, 2.05) is 12.1 Å². The fraction of sp³-hybridized carbons (Fsp3) is 0.350. The molecule has 0 fully saturated rings. The molecule has 0 spiro atoms. The average molecular weight is 442 g/mol. The first-order valence-electron chi connectivity index (χ1n) is 8.76. The van der Waals surface area contributed by atoms with Crippen LogP contribution in [0, 0.1) is 5.82 Å². The van der Waals surface area contributed by atoms with E-state index in [2.05, 4.69) is 34.6 Å². The van der Waals surface area contributed by atoms with Crippen LogP contribution >= 0.6 is 11.6 Å². The fourth-order valence-corrected chi connectivity index (χ4v) is 2.95. The van der Waals surface area contributed by atoms with Crippen LogP contribution in [0.4, 0.5) is 10.1 Å². The zero-order valence-electron chi connectivity index (χ0n) is 16.6. The Balaban J connectivity index is 1.91. The Morgan fingerprint density at radius 2 is 1.97 bits per heavy atom. The van der Waals surface area contributed by atoms with Gasteiger partial charge in [0, 0.05) is 13.7 Å². The molecule has 0 saturated heterocycles. The van der Waals surface area contributed by atoms with Gasteiger partial charge in [0.05, 0.1) is 10.7 Å². The predicted octanol–water partition coefficient (Wildman–Crippen LogP) is 4.81. The Bertz CT molecular complexity index is 969. The maximum atomic E-state index is 14.0. The lowest BCUT2D eigenvalue weighted by molar-refractivity contribution is -0.123. The third-order valence-corrected chi connectivity index (χ3v) is 4.90. The molecule has 0 radical (unpaired) electrons. The average Bonchev–Trinajstić information content (AvgIpc) is 2.66. The number of benzene rings is 2. The Hall–Kier alpha value is -2.16. The molecule has 1 N–H and O–H groups in total. The van der Waals surface area contributed by atoms with Gasteiger partial charge in [-0.2, -0.15) is 0 Å². The second-order valence-electron chi connectivity index (χ2n) is 7.22. The van der Waals surface area contributed by atoms with Crippen LogP contribution in [0.3, 0.4) is 0 Å². The van der Waals surface area contributed by atoms with Crippen LogP contribution in [0.2, 0.25) is 5.02 Å². The van der Waals surface area contributed by atoms with Crippen molar-refractivity contribution in [1.29, 1.82) is 0 Å². The summed E-state index contributed by atoms with van der Waals surface area (Å²) >= 11 is 6.23. The van der Waals surface area contributed by atoms with Gasteiger partial charge >= 0.3 is 0 Å². The van der Waals surface area contributed by atoms with E-state index < -0.39 is 16.7 Å². The van der Waals surface area contributed by atoms with Gasteiger partial charge in [0.15, 0.2) is 6.61 Å². The SMILES string of the molecule is CO[S-](=O)=Nc1ccc(CNC(=O)COc2ccc(C(C)(C)C)cc2Cl)cc1F. The summed E-state index contributed by atoms with van der Waals surface area (Å²) in [6.07, 6.45) is 0. The first-order chi connectivity index (χ1) is 13.6. The molecule has 0 bridgehead atoms. The fourth-order valence-electron chi connectivity index (χ4n) is 2.33. The van der Waals surface area contributed by atoms with E-state index in [-0.39, 0.29) is 30.2 Å². The third-order valence-electron chi connectivity index (χ3n) is 3.97. The number of hydrogen-bond donors (Lipinski definition) is 1. The van der Waals surface area contributed by atoms with Crippen LogP contribution in [0.15, 0.2) is 40.8 Å². The molecule has 0 aromatic heterocycles. The molecule has 2 aromatic rings. The van der Waals surface area contributed by atoms with Crippen molar-refractivity contribution in [2.75, 3.05) is 13.7 Å². The number of halogens is 2. The molecule has 1 amide bonds. The zero-order valence-corrected chi connectivity index (χ0v) is 18.2. The molecule has 0 heterocycles. The minimum absolute atomic E-state index is 0.0454. The minimum atomic E-state index is -1.95. The highest BCUT2D eigenvalue weighted by molar-refractivity contribution is 7.69. The second kappa shape index (κ2) is 10.0. The molecule has 0 aliphatic rings. The molecule has 0 aliphatic carbocycles. The summed E-state index contributed by atoms with van der Waals surface area (Å²) < 4.78 is 38.7. The van der Waals surface area contributed by atoms with E-state index in [1.165, 1.54) is 19.2 Å². The molecular weight excluding hydrogens is 419 g/mol. The van der Waals surface area contributed by atoms with Crippen LogP contribution in [0.1, 0.15) is 31.9 Å². The number of nitrogens with zero attached hydrogens (tertiary/aromatic N) is 1. The van der Waals surface area contributed by atoms with Gasteiger partial charge < -0.3 is 22.8 Å². The normalized spacial score (nSPS) is 12.6. The molecule has 2 rings (SSSR count). The van der Waals surface area contributed by atoms with Gasteiger partial charge in [0.2, 0.25) is 0 Å². The highest BCUT2D eigenvalue weighted by atomic mass is 35.5. The number of nitrogens with one attached hydrogen (secondary N) is 1. The lowest BCUT2D eigenvalue weighted by Gasteiger charge is -2.20. The van der Waals surface area contributed by atoms with Crippen molar-refractivity contribution in [3.05, 3.63) is 58.4 Å². The van der Waals surface area contributed by atoms with E-state index in [4.69, 9.17) is 16.3 Å². The quantitative estimate of drug-likeness (QED) is 0.625. The summed E-state index contributed by atoms with van der Waals surface area (Å²) in [4.78, 5) is 12.0. The molecule has 6 nitrogen and oxygen atoms in total. The second-order valence-corrected chi connectivity index (χ2v) is 8.58. The third kappa shape index (κ3) is 6.99. The lowest BCUT2D eigenvalue weighted by Crippen LogP contribution is -2.28. The Morgan fingerprint density at radius 3 is 2.55 bits per heavy atom. The molecule has 29 heavy (non-hydrogen) atoms. The Labute approximate surface area is 176 Å². The molecule has 158 valence electrons. The topological polar surface area (TPSA) is 77.0 Å². The molecule has 0 aliphatic heterocycles. The minimum Gasteiger partial charge on any atom is -0.482 e. The van der Waals surface area contributed by atoms with E-state index in [0.717, 1.165) is 5.56 Å². The number of carbonyl (C=O) groups is 1. The molecule has 0 atom stereocenters. The van der Waals surface area contributed by atoms with E-state index in [1.54, 1.807) is 12.1 Å². The van der Waals surface area contributed by atoms with E-state index >= 15 is 0 Å². The number of ether oxygens (including phenoxy) is 1. The first kappa shape index (κ1) is 23.1. The first-order valence-corrected chi connectivity index (χ1v) is 10.2. The van der Waals surface area contributed by atoms with Gasteiger partial charge in [-0.1, -0.05) is 55.4 Å². The van der Waals surface area contributed by atoms with Gasteiger partial charge in [-0.3, -0.25) is 4.79 Å². The summed E-state index contributed by atoms with van der Waals surface area (Å²) in [7, 11) is -0.744. The van der Waals surface area contributed by atoms with Crippen molar-refractivity contribution < 1.29 is 22.3 Å². The van der Waals surface area contributed by atoms with Crippen molar-refractivity contribution in [2.45, 2.75) is 32.7 Å². The van der Waals surface area contributed by atoms with Crippen LogP contribution in [-0.2, 0) is 36.0 Å². The van der Waals surface area contributed by atoms with Crippen molar-refractivity contribution in [3.63, 3.8) is 0 Å². The van der Waals surface area contributed by atoms with Crippen LogP contribution in [0.25, 0.3) is 0 Å². The number of hydrogen-bond acceptors (Lipinski definition) is 6. The van der Waals surface area contributed by atoms with Crippen molar-refractivity contribution >= 4 is 34.1 Å². The number of amides is 1. The summed E-state index contributed by atoms with van der Waals surface area (Å²) in [6, 6.07) is 9.59. The van der Waals surface area contributed by atoms with E-state index in [0.29, 0.717) is 16.3 Å². The standard InChI is InChI=1S/C20H23ClFN2O4S/c1-20(2,3)14-6-8-18(15(21)10-14)28-12-19(25)23-11-13-5-7-17(16(22)9-13)24-29(26)27-4/h5-10H,11-12H2,1-4H3,(H,23,25)/q-1. The number of rotatable bonds is 7. The maximum Gasteiger partial charge on any atom is 0.258 e. The Morgan fingerprint density at radius 1 is 1.24 bits per heavy atom. The summed E-state index contributed by atoms with van der Waals surface area (Å²) in [5.74, 6) is -0.627. The zero-order chi connectivity index (χ0) is 21.6. The summed E-state index contributed by atoms with van der Waals surface area (Å²) in [5.41, 5.74) is 1.45.